The van der Waals surface area contributed by atoms with Gasteiger partial charge in [-0.1, -0.05) is 6.92 Å². The third kappa shape index (κ3) is 2.59. The second-order valence-corrected chi connectivity index (χ2v) is 3.53. The van der Waals surface area contributed by atoms with Gasteiger partial charge in [-0.3, -0.25) is 4.79 Å². The first-order chi connectivity index (χ1) is 6.50. The topological polar surface area (TPSA) is 92.9 Å². The lowest BCUT2D eigenvalue weighted by atomic mass is 10.1. The Bertz CT molecular complexity index is 243. The van der Waals surface area contributed by atoms with Crippen molar-refractivity contribution in [3.05, 3.63) is 0 Å². The number of hydrogen-bond acceptors (Lipinski definition) is 4. The summed E-state index contributed by atoms with van der Waals surface area (Å²) >= 11 is 0. The lowest BCUT2D eigenvalue weighted by Gasteiger charge is -2.31. The lowest BCUT2D eigenvalue weighted by molar-refractivity contribution is -0.139. The van der Waals surface area contributed by atoms with Crippen LogP contribution >= 0.6 is 0 Å². The molecule has 1 rings (SSSR count). The van der Waals surface area contributed by atoms with Crippen LogP contribution in [0.2, 0.25) is 0 Å². The van der Waals surface area contributed by atoms with Crippen molar-refractivity contribution in [3.63, 3.8) is 0 Å². The molecule has 1 aliphatic rings. The number of carboxylic acids is 1. The highest BCUT2D eigenvalue weighted by atomic mass is 16.6. The average molecular weight is 202 g/mol. The van der Waals surface area contributed by atoms with E-state index in [0.717, 1.165) is 0 Å². The van der Waals surface area contributed by atoms with Crippen LogP contribution < -0.4 is 5.73 Å². The number of nitrogens with two attached hydrogens (primary N) is 1. The second-order valence-electron chi connectivity index (χ2n) is 3.53. The van der Waals surface area contributed by atoms with E-state index < -0.39 is 18.1 Å². The largest absolute Gasteiger partial charge is 0.480 e. The fraction of sp³-hybridized carbons (Fsp3) is 0.750. The van der Waals surface area contributed by atoms with Crippen LogP contribution in [0, 0.1) is 5.92 Å². The highest BCUT2D eigenvalue weighted by molar-refractivity contribution is 5.75. The smallest absolute Gasteiger partial charge is 0.409 e. The van der Waals surface area contributed by atoms with Crippen LogP contribution in [0.15, 0.2) is 0 Å². The predicted molar refractivity (Wildman–Crippen MR) is 47.7 cm³/mol. The van der Waals surface area contributed by atoms with E-state index in [2.05, 4.69) is 0 Å². The van der Waals surface area contributed by atoms with Crippen molar-refractivity contribution in [3.8, 4) is 0 Å². The monoisotopic (exact) mass is 202 g/mol. The number of carbonyl (C=O) groups is 2. The summed E-state index contributed by atoms with van der Waals surface area (Å²) in [5.74, 6) is -0.898. The molecule has 3 N–H and O–H groups in total. The first-order valence-electron chi connectivity index (χ1n) is 4.40. The number of ether oxygens (including phenoxy) is 1. The van der Waals surface area contributed by atoms with Crippen LogP contribution in [0.1, 0.15) is 6.92 Å². The molecule has 1 heterocycles. The van der Waals surface area contributed by atoms with Crippen LogP contribution in [0.5, 0.6) is 0 Å². The van der Waals surface area contributed by atoms with Gasteiger partial charge in [0.2, 0.25) is 0 Å². The van der Waals surface area contributed by atoms with E-state index >= 15 is 0 Å². The number of carboxylic acid groups (broad SMARTS) is 1. The summed E-state index contributed by atoms with van der Waals surface area (Å²) in [5, 5.41) is 8.56. The summed E-state index contributed by atoms with van der Waals surface area (Å²) in [6.45, 7) is 2.81. The molecule has 0 aromatic carbocycles. The predicted octanol–water partition coefficient (Wildman–Crippen LogP) is -0.513. The minimum Gasteiger partial charge on any atom is -0.480 e. The minimum absolute atomic E-state index is 0.00148. The van der Waals surface area contributed by atoms with Gasteiger partial charge in [0.1, 0.15) is 6.04 Å². The van der Waals surface area contributed by atoms with Crippen molar-refractivity contribution in [1.82, 2.24) is 4.90 Å². The standard InChI is InChI=1S/C8H14N2O4/c1-5-2-10(8(13)14-4-5)3-6(9)7(11)12/h5-6H,2-4,9H2,1H3,(H,11,12). The third-order valence-corrected chi connectivity index (χ3v) is 2.02. The van der Waals surface area contributed by atoms with Gasteiger partial charge in [0, 0.05) is 19.0 Å². The Balaban J connectivity index is 2.49. The molecule has 2 atom stereocenters. The Hall–Kier alpha value is -1.30. The van der Waals surface area contributed by atoms with Crippen molar-refractivity contribution >= 4 is 12.1 Å². The van der Waals surface area contributed by atoms with E-state index in [1.54, 1.807) is 0 Å². The van der Waals surface area contributed by atoms with Crippen LogP contribution in [0.25, 0.3) is 0 Å². The summed E-state index contributed by atoms with van der Waals surface area (Å²) in [7, 11) is 0. The molecular weight excluding hydrogens is 188 g/mol. The molecule has 0 aliphatic carbocycles. The first kappa shape index (κ1) is 10.8. The van der Waals surface area contributed by atoms with Crippen molar-refractivity contribution in [2.75, 3.05) is 19.7 Å². The minimum atomic E-state index is -1.11. The van der Waals surface area contributed by atoms with Gasteiger partial charge in [-0.2, -0.15) is 0 Å². The number of hydrogen-bond donors (Lipinski definition) is 2. The fourth-order valence-corrected chi connectivity index (χ4v) is 1.27. The van der Waals surface area contributed by atoms with Crippen LogP contribution in [-0.4, -0.2) is 47.8 Å². The molecule has 2 unspecified atom stereocenters. The quantitative estimate of drug-likeness (QED) is 0.642. The van der Waals surface area contributed by atoms with Crippen molar-refractivity contribution in [1.29, 1.82) is 0 Å². The molecule has 14 heavy (non-hydrogen) atoms. The average Bonchev–Trinajstić information content (AvgIpc) is 2.11. The Labute approximate surface area is 81.6 Å². The maximum atomic E-state index is 11.2. The van der Waals surface area contributed by atoms with Gasteiger partial charge in [0.25, 0.3) is 0 Å². The number of nitrogens with zero attached hydrogens (tertiary/aromatic N) is 1. The second kappa shape index (κ2) is 4.28. The van der Waals surface area contributed by atoms with Crippen molar-refractivity contribution in [2.24, 2.45) is 11.7 Å². The highest BCUT2D eigenvalue weighted by Crippen LogP contribution is 2.10. The number of rotatable bonds is 3. The van der Waals surface area contributed by atoms with E-state index in [0.29, 0.717) is 13.2 Å². The van der Waals surface area contributed by atoms with E-state index in [-0.39, 0.29) is 12.5 Å². The Morgan fingerprint density at radius 2 is 2.50 bits per heavy atom. The highest BCUT2D eigenvalue weighted by Gasteiger charge is 2.27. The molecule has 1 saturated heterocycles. The Morgan fingerprint density at radius 3 is 3.07 bits per heavy atom. The van der Waals surface area contributed by atoms with E-state index in [9.17, 15) is 9.59 Å². The van der Waals surface area contributed by atoms with Crippen molar-refractivity contribution < 1.29 is 19.4 Å². The summed E-state index contributed by atoms with van der Waals surface area (Å²) < 4.78 is 4.82. The Kier molecular flexibility index (Phi) is 3.29. The zero-order valence-corrected chi connectivity index (χ0v) is 7.97. The molecule has 0 bridgehead atoms. The summed E-state index contributed by atoms with van der Waals surface area (Å²) in [4.78, 5) is 22.9. The van der Waals surface area contributed by atoms with Gasteiger partial charge in [-0.15, -0.1) is 0 Å². The molecule has 1 fully saturated rings. The van der Waals surface area contributed by atoms with Gasteiger partial charge in [-0.05, 0) is 0 Å². The van der Waals surface area contributed by atoms with Gasteiger partial charge < -0.3 is 20.5 Å². The molecule has 80 valence electrons. The zero-order chi connectivity index (χ0) is 10.7. The summed E-state index contributed by atoms with van der Waals surface area (Å²) in [6, 6.07) is -1.05. The SMILES string of the molecule is CC1COC(=O)N(CC(N)C(=O)O)C1. The van der Waals surface area contributed by atoms with Crippen LogP contribution in [-0.2, 0) is 9.53 Å². The summed E-state index contributed by atoms with van der Waals surface area (Å²) in [6.07, 6.45) is -0.486. The number of aliphatic carboxylic acids is 1. The lowest BCUT2D eigenvalue weighted by Crippen LogP contribution is -2.49. The number of carbonyl (C=O) groups excluding carboxylic acids is 1. The number of amides is 1. The molecule has 0 aromatic heterocycles. The molecule has 0 radical (unpaired) electrons. The fourth-order valence-electron chi connectivity index (χ4n) is 1.27. The van der Waals surface area contributed by atoms with E-state index in [4.69, 9.17) is 15.6 Å². The van der Waals surface area contributed by atoms with Gasteiger partial charge in [-0.25, -0.2) is 4.79 Å². The molecule has 6 nitrogen and oxygen atoms in total. The maximum absolute atomic E-state index is 11.2. The summed E-state index contributed by atoms with van der Waals surface area (Å²) in [5.41, 5.74) is 5.31. The van der Waals surface area contributed by atoms with Crippen LogP contribution in [0.4, 0.5) is 4.79 Å². The van der Waals surface area contributed by atoms with Crippen LogP contribution in [0.3, 0.4) is 0 Å². The normalized spacial score (nSPS) is 24.3. The first-order valence-corrected chi connectivity index (χ1v) is 4.40. The van der Waals surface area contributed by atoms with Gasteiger partial charge in [0.05, 0.1) is 6.61 Å². The number of cyclic esters (lactones) is 1. The van der Waals surface area contributed by atoms with E-state index in [1.807, 2.05) is 6.92 Å². The molecular formula is C8H14N2O4. The zero-order valence-electron chi connectivity index (χ0n) is 7.97. The van der Waals surface area contributed by atoms with Gasteiger partial charge in [0.15, 0.2) is 0 Å². The van der Waals surface area contributed by atoms with Crippen molar-refractivity contribution in [2.45, 2.75) is 13.0 Å². The molecule has 6 heteroatoms. The molecule has 1 amide bonds. The third-order valence-electron chi connectivity index (χ3n) is 2.02. The molecule has 1 aliphatic heterocycles. The maximum Gasteiger partial charge on any atom is 0.409 e. The molecule has 0 saturated carbocycles. The van der Waals surface area contributed by atoms with E-state index in [1.165, 1.54) is 4.90 Å². The van der Waals surface area contributed by atoms with Gasteiger partial charge >= 0.3 is 12.1 Å². The Morgan fingerprint density at radius 1 is 1.86 bits per heavy atom. The molecule has 0 spiro atoms. The molecule has 0 aromatic rings.